The lowest BCUT2D eigenvalue weighted by Gasteiger charge is -2.34. The zero-order valence-corrected chi connectivity index (χ0v) is 39.8. The van der Waals surface area contributed by atoms with Gasteiger partial charge in [-0.1, -0.05) is 66.7 Å². The molecular weight excluding hydrogens is 953 g/mol. The van der Waals surface area contributed by atoms with Crippen LogP contribution in [0.15, 0.2) is 140 Å². The molecule has 3 aliphatic rings. The van der Waals surface area contributed by atoms with Gasteiger partial charge in [-0.2, -0.15) is 8.42 Å². The second-order valence-electron chi connectivity index (χ2n) is 16.4. The van der Waals surface area contributed by atoms with E-state index in [9.17, 15) is 32.4 Å². The minimum Gasteiger partial charge on any atom is -0.460 e. The van der Waals surface area contributed by atoms with E-state index in [1.165, 1.54) is 4.90 Å². The summed E-state index contributed by atoms with van der Waals surface area (Å²) in [6.45, 7) is 4.36. The molecule has 0 spiro atoms. The molecule has 0 aliphatic carbocycles. The van der Waals surface area contributed by atoms with Crippen molar-refractivity contribution in [3.8, 4) is 11.5 Å². The van der Waals surface area contributed by atoms with Gasteiger partial charge >= 0.3 is 30.3 Å². The average molecular weight is 1010 g/mol. The van der Waals surface area contributed by atoms with Gasteiger partial charge in [-0.25, -0.2) is 19.2 Å². The smallest absolute Gasteiger partial charge is 0.418 e. The van der Waals surface area contributed by atoms with Crippen molar-refractivity contribution in [2.24, 2.45) is 0 Å². The first-order valence-electron chi connectivity index (χ1n) is 22.5. The maximum absolute atomic E-state index is 12.6. The van der Waals surface area contributed by atoms with Crippen molar-refractivity contribution in [1.82, 2.24) is 20.4 Å². The Morgan fingerprint density at radius 3 is 1.51 bits per heavy atom. The van der Waals surface area contributed by atoms with Crippen LogP contribution in [0, 0.1) is 10.8 Å². The van der Waals surface area contributed by atoms with E-state index in [1.807, 2.05) is 36.4 Å². The third-order valence-corrected chi connectivity index (χ3v) is 11.6. The Kier molecular flexibility index (Phi) is 17.6. The van der Waals surface area contributed by atoms with E-state index in [0.29, 0.717) is 47.1 Å². The maximum atomic E-state index is 12.6. The number of carbonyl (C=O) groups is 5. The first-order valence-corrected chi connectivity index (χ1v) is 24.4. The molecule has 3 heterocycles. The Labute approximate surface area is 415 Å². The first kappa shape index (κ1) is 51.7. The number of nitrogens with zero attached hydrogens (tertiary/aromatic N) is 4. The van der Waals surface area contributed by atoms with Crippen LogP contribution in [0.3, 0.4) is 0 Å². The summed E-state index contributed by atoms with van der Waals surface area (Å²) in [6.07, 6.45) is -2.71. The molecular formula is C50H52N8O13S. The zero-order valence-electron chi connectivity index (χ0n) is 39.0. The molecule has 376 valence electrons. The monoisotopic (exact) mass is 1000 g/mol. The van der Waals surface area contributed by atoms with Crippen molar-refractivity contribution >= 4 is 63.5 Å². The van der Waals surface area contributed by atoms with Crippen LogP contribution in [-0.4, -0.2) is 138 Å². The highest BCUT2D eigenvalue weighted by Gasteiger charge is 2.35. The molecule has 0 radical (unpaired) electrons. The van der Waals surface area contributed by atoms with Crippen LogP contribution in [0.4, 0.5) is 30.6 Å². The van der Waals surface area contributed by atoms with Crippen LogP contribution in [0.5, 0.6) is 11.5 Å². The molecule has 5 aromatic rings. The van der Waals surface area contributed by atoms with Gasteiger partial charge in [-0.05, 0) is 78.4 Å². The van der Waals surface area contributed by atoms with Gasteiger partial charge in [-0.3, -0.25) is 50.0 Å². The summed E-state index contributed by atoms with van der Waals surface area (Å²) in [5.41, 5.74) is 2.96. The van der Waals surface area contributed by atoms with Crippen LogP contribution >= 0.6 is 0 Å². The van der Waals surface area contributed by atoms with E-state index in [4.69, 9.17) is 34.5 Å². The molecule has 3 fully saturated rings. The molecule has 2 unspecified atom stereocenters. The van der Waals surface area contributed by atoms with Crippen LogP contribution in [0.1, 0.15) is 16.7 Å². The van der Waals surface area contributed by atoms with E-state index in [0.717, 1.165) is 38.0 Å². The molecule has 0 bridgehead atoms. The lowest BCUT2D eigenvalue weighted by atomic mass is 10.1. The molecule has 3 aliphatic heterocycles. The van der Waals surface area contributed by atoms with Gasteiger partial charge in [0.05, 0.1) is 25.9 Å². The van der Waals surface area contributed by atoms with Gasteiger partial charge in [0.15, 0.2) is 0 Å². The number of anilines is 2. The minimum atomic E-state index is -3.63. The summed E-state index contributed by atoms with van der Waals surface area (Å²) >= 11 is 0. The fourth-order valence-electron chi connectivity index (χ4n) is 7.44. The van der Waals surface area contributed by atoms with Gasteiger partial charge in [-0.15, -0.1) is 0 Å². The second kappa shape index (κ2) is 24.6. The van der Waals surface area contributed by atoms with Crippen LogP contribution in [-0.2, 0) is 39.9 Å². The predicted octanol–water partition coefficient (Wildman–Crippen LogP) is 5.59. The van der Waals surface area contributed by atoms with Crippen molar-refractivity contribution in [3.05, 3.63) is 156 Å². The van der Waals surface area contributed by atoms with Gasteiger partial charge in [0.1, 0.15) is 48.6 Å². The Balaban J connectivity index is 0.000000224. The van der Waals surface area contributed by atoms with E-state index in [-0.39, 0.29) is 50.0 Å². The topological polar surface area (TPSA) is 260 Å². The minimum absolute atomic E-state index is 0.118. The molecule has 8 rings (SSSR count). The first-order chi connectivity index (χ1) is 34.6. The van der Waals surface area contributed by atoms with Gasteiger partial charge in [0.25, 0.3) is 10.1 Å². The highest BCUT2D eigenvalue weighted by molar-refractivity contribution is 7.86. The lowest BCUT2D eigenvalue weighted by molar-refractivity contribution is -0.146. The number of esters is 1. The Hall–Kier alpha value is -8.18. The maximum Gasteiger partial charge on any atom is 0.418 e. The van der Waals surface area contributed by atoms with Crippen molar-refractivity contribution in [2.75, 3.05) is 75.0 Å². The summed E-state index contributed by atoms with van der Waals surface area (Å²) < 4.78 is 53.1. The number of amidine groups is 2. The van der Waals surface area contributed by atoms with Gasteiger partial charge < -0.3 is 23.7 Å². The number of amides is 4. The molecule has 5 aromatic carbocycles. The number of nitrogens with one attached hydrogen (secondary N) is 4. The number of hydrogen-bond donors (Lipinski definition) is 4. The molecule has 3 saturated heterocycles. The SMILES string of the molecule is CS(=O)(=O)OCC1CN(c2ccc(C(=N)NC(=O)Oc3ccccc3)cc2)C(=O)O1.N=C(NC(=O)Oc1ccccc1)c1ccc(N2CC(CN3CCN(CC(=O)OCc4ccccc4)CC3)OC2=O)cc1. The Morgan fingerprint density at radius 2 is 1.04 bits per heavy atom. The third-order valence-electron chi connectivity index (χ3n) is 11.0. The number of carbonyl (C=O) groups excluding carboxylic acids is 5. The zero-order chi connectivity index (χ0) is 51.0. The highest BCUT2D eigenvalue weighted by atomic mass is 32.2. The Morgan fingerprint density at radius 1 is 0.611 bits per heavy atom. The Bertz CT molecular complexity index is 2800. The second-order valence-corrected chi connectivity index (χ2v) is 18.1. The van der Waals surface area contributed by atoms with E-state index in [1.54, 1.807) is 108 Å². The summed E-state index contributed by atoms with van der Waals surface area (Å²) in [5.74, 6) is 0.192. The number of hydrogen-bond acceptors (Lipinski definition) is 17. The molecule has 0 aromatic heterocycles. The van der Waals surface area contributed by atoms with Crippen molar-refractivity contribution < 1.29 is 60.3 Å². The quantitative estimate of drug-likeness (QED) is 0.0328. The average Bonchev–Trinajstić information content (AvgIpc) is 3.94. The number of para-hydroxylation sites is 2. The van der Waals surface area contributed by atoms with Crippen LogP contribution < -0.4 is 29.9 Å². The number of cyclic esters (lactones) is 2. The molecule has 21 nitrogen and oxygen atoms in total. The number of piperazine rings is 1. The molecule has 22 heteroatoms. The van der Waals surface area contributed by atoms with E-state index in [2.05, 4.69) is 24.6 Å². The standard InChI is InChI=1S/C31H33N5O6.C19H19N3O7S/c32-29(33-30(38)41-26-9-5-2-6-10-26)24-11-13-25(14-12-24)36-20-27(42-31(36)39)19-34-15-17-35(18-16-34)21-28(37)40-22-23-7-3-1-4-8-23;1-30(25,26)27-12-16-11-22(19(24)29-16)14-9-7-13(8-10-14)17(20)21-18(23)28-15-5-3-2-4-6-15/h1-14,27H,15-22H2,(H2,32,33,38);2-10,16H,11-12H2,1H3,(H2,20,21,23). The summed E-state index contributed by atoms with van der Waals surface area (Å²) in [5, 5.41) is 20.9. The largest absolute Gasteiger partial charge is 0.460 e. The normalized spacial score (nSPS) is 16.8. The molecule has 4 N–H and O–H groups in total. The van der Waals surface area contributed by atoms with Crippen molar-refractivity contribution in [3.63, 3.8) is 0 Å². The van der Waals surface area contributed by atoms with E-state index >= 15 is 0 Å². The summed E-state index contributed by atoms with van der Waals surface area (Å²) in [4.78, 5) is 68.1. The highest BCUT2D eigenvalue weighted by Crippen LogP contribution is 2.25. The van der Waals surface area contributed by atoms with Crippen molar-refractivity contribution in [2.45, 2.75) is 18.8 Å². The molecule has 72 heavy (non-hydrogen) atoms. The molecule has 4 amide bonds. The van der Waals surface area contributed by atoms with Crippen LogP contribution in [0.2, 0.25) is 0 Å². The van der Waals surface area contributed by atoms with Crippen molar-refractivity contribution in [1.29, 1.82) is 10.8 Å². The number of ether oxygens (including phenoxy) is 5. The van der Waals surface area contributed by atoms with E-state index < -0.39 is 40.6 Å². The van der Waals surface area contributed by atoms with Gasteiger partial charge in [0.2, 0.25) is 0 Å². The lowest BCUT2D eigenvalue weighted by Crippen LogP contribution is -2.50. The fraction of sp³-hybridized carbons (Fsp3) is 0.260. The molecule has 0 saturated carbocycles. The predicted molar refractivity (Wildman–Crippen MR) is 263 cm³/mol. The van der Waals surface area contributed by atoms with Crippen LogP contribution in [0.25, 0.3) is 0 Å². The summed E-state index contributed by atoms with van der Waals surface area (Å²) in [6, 6.07) is 39.6. The fourth-order valence-corrected chi connectivity index (χ4v) is 7.84. The van der Waals surface area contributed by atoms with Gasteiger partial charge in [0, 0.05) is 55.2 Å². The molecule has 2 atom stereocenters. The third kappa shape index (κ3) is 15.7. The number of rotatable bonds is 15. The summed E-state index contributed by atoms with van der Waals surface area (Å²) in [7, 11) is -3.63. The number of benzene rings is 5.